The number of carbonyl (C=O) groups is 4. The molecule has 0 aliphatic carbocycles. The molecule has 1 saturated heterocycles. The van der Waals surface area contributed by atoms with Crippen LogP contribution in [0.15, 0.2) is 42.5 Å². The number of piperidine rings is 1. The number of Topliss-reactive ketones (excluding diaryl/α,β-unsaturated/α-hetero) is 1. The van der Waals surface area contributed by atoms with Crippen LogP contribution in [-0.4, -0.2) is 34.4 Å². The van der Waals surface area contributed by atoms with Crippen molar-refractivity contribution in [1.29, 1.82) is 0 Å². The van der Waals surface area contributed by atoms with Crippen molar-refractivity contribution < 1.29 is 28.0 Å². The highest BCUT2D eigenvalue weighted by atomic mass is 19.3. The van der Waals surface area contributed by atoms with E-state index in [1.165, 1.54) is 23.1 Å². The van der Waals surface area contributed by atoms with Gasteiger partial charge in [-0.3, -0.25) is 24.5 Å². The minimum atomic E-state index is -3.57. The number of alkyl halides is 2. The maximum Gasteiger partial charge on any atom is 0.330 e. The molecule has 3 amide bonds. The van der Waals surface area contributed by atoms with Crippen LogP contribution in [0.2, 0.25) is 0 Å². The number of hydrogen-bond donors (Lipinski definition) is 1. The van der Waals surface area contributed by atoms with Crippen molar-refractivity contribution in [2.24, 2.45) is 0 Å². The molecule has 0 aromatic heterocycles. The van der Waals surface area contributed by atoms with Crippen LogP contribution < -0.4 is 5.32 Å². The maximum atomic E-state index is 14.6. The molecule has 1 unspecified atom stereocenters. The summed E-state index contributed by atoms with van der Waals surface area (Å²) in [6, 6.07) is 9.98. The Balaban J connectivity index is 1.44. The minimum absolute atomic E-state index is 0.111. The molecule has 2 aliphatic heterocycles. The Labute approximate surface area is 183 Å². The highest BCUT2D eigenvalue weighted by Crippen LogP contribution is 2.32. The summed E-state index contributed by atoms with van der Waals surface area (Å²) in [6.45, 7) is 1.88. The van der Waals surface area contributed by atoms with E-state index >= 15 is 0 Å². The van der Waals surface area contributed by atoms with Crippen molar-refractivity contribution in [2.45, 2.75) is 51.1 Å². The van der Waals surface area contributed by atoms with Gasteiger partial charge in [0.05, 0.1) is 0 Å². The predicted molar refractivity (Wildman–Crippen MR) is 111 cm³/mol. The quantitative estimate of drug-likeness (QED) is 0.700. The first kappa shape index (κ1) is 21.8. The van der Waals surface area contributed by atoms with Gasteiger partial charge in [0, 0.05) is 30.5 Å². The number of carbonyl (C=O) groups excluding carboxylic acids is 4. The number of ketones is 1. The van der Waals surface area contributed by atoms with Gasteiger partial charge in [-0.25, -0.2) is 0 Å². The molecule has 4 rings (SSSR count). The monoisotopic (exact) mass is 440 g/mol. The number of benzene rings is 2. The third kappa shape index (κ3) is 4.04. The molecular weight excluding hydrogens is 418 g/mol. The Bertz CT molecular complexity index is 1130. The highest BCUT2D eigenvalue weighted by molar-refractivity contribution is 6.05. The molecule has 0 saturated carbocycles. The number of amides is 3. The zero-order valence-corrected chi connectivity index (χ0v) is 17.5. The number of aryl methyl sites for hydroxylation is 2. The average molecular weight is 440 g/mol. The second-order valence-electron chi connectivity index (χ2n) is 8.26. The molecule has 1 atom stereocenters. The number of fused-ring (bicyclic) bond motifs is 1. The fourth-order valence-corrected chi connectivity index (χ4v) is 4.20. The predicted octanol–water partition coefficient (Wildman–Crippen LogP) is 3.05. The fourth-order valence-electron chi connectivity index (χ4n) is 4.20. The zero-order chi connectivity index (χ0) is 23.0. The molecule has 32 heavy (non-hydrogen) atoms. The Hall–Kier alpha value is -3.42. The lowest BCUT2D eigenvalue weighted by atomic mass is 9.96. The number of nitrogens with one attached hydrogen (secondary N) is 1. The first-order valence-electron chi connectivity index (χ1n) is 10.4. The lowest BCUT2D eigenvalue weighted by Crippen LogP contribution is -2.52. The van der Waals surface area contributed by atoms with Crippen LogP contribution >= 0.6 is 0 Å². The molecule has 2 aromatic rings. The Kier molecular flexibility index (Phi) is 5.62. The molecule has 1 fully saturated rings. The van der Waals surface area contributed by atoms with Crippen molar-refractivity contribution in [2.75, 3.05) is 0 Å². The van der Waals surface area contributed by atoms with E-state index in [1.807, 2.05) is 0 Å². The molecule has 0 bridgehead atoms. The molecule has 8 heteroatoms. The van der Waals surface area contributed by atoms with Crippen molar-refractivity contribution >= 4 is 23.5 Å². The lowest BCUT2D eigenvalue weighted by Gasteiger charge is -2.29. The van der Waals surface area contributed by atoms with E-state index in [0.717, 1.165) is 0 Å². The van der Waals surface area contributed by atoms with Gasteiger partial charge in [-0.2, -0.15) is 8.78 Å². The van der Waals surface area contributed by atoms with E-state index in [-0.39, 0.29) is 49.6 Å². The third-order valence-electron chi connectivity index (χ3n) is 5.96. The molecule has 0 radical (unpaired) electrons. The van der Waals surface area contributed by atoms with E-state index in [0.29, 0.717) is 22.3 Å². The van der Waals surface area contributed by atoms with E-state index < -0.39 is 23.7 Å². The summed E-state index contributed by atoms with van der Waals surface area (Å²) in [7, 11) is 0. The van der Waals surface area contributed by atoms with E-state index in [9.17, 15) is 28.0 Å². The summed E-state index contributed by atoms with van der Waals surface area (Å²) in [5.74, 6) is -5.88. The largest absolute Gasteiger partial charge is 0.330 e. The van der Waals surface area contributed by atoms with Crippen LogP contribution in [0.3, 0.4) is 0 Å². The third-order valence-corrected chi connectivity index (χ3v) is 5.96. The normalized spacial score (nSPS) is 18.5. The second-order valence-corrected chi connectivity index (χ2v) is 8.26. The summed E-state index contributed by atoms with van der Waals surface area (Å²) in [5, 5.41) is 2.25. The molecule has 1 N–H and O–H groups in total. The average Bonchev–Trinajstić information content (AvgIpc) is 3.07. The zero-order valence-electron chi connectivity index (χ0n) is 17.5. The number of imide groups is 1. The summed E-state index contributed by atoms with van der Waals surface area (Å²) in [4.78, 5) is 49.9. The smallest absolute Gasteiger partial charge is 0.322 e. The van der Waals surface area contributed by atoms with Gasteiger partial charge >= 0.3 is 5.92 Å². The van der Waals surface area contributed by atoms with Crippen molar-refractivity contribution in [3.05, 3.63) is 70.3 Å². The van der Waals surface area contributed by atoms with Gasteiger partial charge in [0.1, 0.15) is 6.04 Å². The number of halogens is 2. The topological polar surface area (TPSA) is 83.6 Å². The van der Waals surface area contributed by atoms with Gasteiger partial charge in [-0.1, -0.05) is 35.9 Å². The van der Waals surface area contributed by atoms with Crippen LogP contribution in [0.1, 0.15) is 51.9 Å². The van der Waals surface area contributed by atoms with Crippen molar-refractivity contribution in [3.8, 4) is 0 Å². The molecule has 166 valence electrons. The number of nitrogens with zero attached hydrogens (tertiary/aromatic N) is 1. The molecule has 0 spiro atoms. The Morgan fingerprint density at radius 3 is 2.66 bits per heavy atom. The van der Waals surface area contributed by atoms with Crippen molar-refractivity contribution in [3.63, 3.8) is 0 Å². The van der Waals surface area contributed by atoms with Crippen LogP contribution in [0.5, 0.6) is 0 Å². The standard InChI is InChI=1S/C24H22F2N2O4/c1-14-3-2-4-17(11-14)24(25,26)20(29)9-6-15-5-7-18-16(12-15)13-28(23(18)32)19-8-10-21(30)27-22(19)31/h2-5,7,11-12,19H,6,8-10,13H2,1H3,(H,27,30,31). The highest BCUT2D eigenvalue weighted by Gasteiger charge is 2.41. The van der Waals surface area contributed by atoms with Gasteiger partial charge < -0.3 is 4.90 Å². The van der Waals surface area contributed by atoms with Crippen LogP contribution in [0, 0.1) is 6.92 Å². The fraction of sp³-hybridized carbons (Fsp3) is 0.333. The van der Waals surface area contributed by atoms with Gasteiger partial charge in [0.15, 0.2) is 0 Å². The molecule has 6 nitrogen and oxygen atoms in total. The van der Waals surface area contributed by atoms with Crippen molar-refractivity contribution in [1.82, 2.24) is 10.2 Å². The van der Waals surface area contributed by atoms with E-state index in [1.54, 1.807) is 31.2 Å². The van der Waals surface area contributed by atoms with Crippen LogP contribution in [0.4, 0.5) is 8.78 Å². The molecular formula is C24H22F2N2O4. The van der Waals surface area contributed by atoms with Crippen LogP contribution in [-0.2, 0) is 33.3 Å². The number of hydrogen-bond acceptors (Lipinski definition) is 4. The number of rotatable bonds is 6. The summed E-state index contributed by atoms with van der Waals surface area (Å²) in [5.41, 5.74) is 2.11. The minimum Gasteiger partial charge on any atom is -0.322 e. The Morgan fingerprint density at radius 2 is 1.94 bits per heavy atom. The lowest BCUT2D eigenvalue weighted by molar-refractivity contribution is -0.144. The second kappa shape index (κ2) is 8.26. The summed E-state index contributed by atoms with van der Waals surface area (Å²) < 4.78 is 29.1. The molecule has 2 aliphatic rings. The van der Waals surface area contributed by atoms with Gasteiger partial charge in [0.2, 0.25) is 17.6 Å². The first-order chi connectivity index (χ1) is 15.2. The van der Waals surface area contributed by atoms with Gasteiger partial charge in [-0.15, -0.1) is 0 Å². The maximum absolute atomic E-state index is 14.6. The van der Waals surface area contributed by atoms with E-state index in [4.69, 9.17) is 0 Å². The molecule has 2 heterocycles. The van der Waals surface area contributed by atoms with Crippen LogP contribution in [0.25, 0.3) is 0 Å². The van der Waals surface area contributed by atoms with Gasteiger partial charge in [-0.05, 0) is 43.0 Å². The first-order valence-corrected chi connectivity index (χ1v) is 10.4. The Morgan fingerprint density at radius 1 is 1.16 bits per heavy atom. The van der Waals surface area contributed by atoms with Gasteiger partial charge in [0.25, 0.3) is 5.91 Å². The summed E-state index contributed by atoms with van der Waals surface area (Å²) in [6.07, 6.45) is 0.198. The van der Waals surface area contributed by atoms with E-state index in [2.05, 4.69) is 5.32 Å². The molecule has 2 aromatic carbocycles. The summed E-state index contributed by atoms with van der Waals surface area (Å²) >= 11 is 0. The SMILES string of the molecule is Cc1cccc(C(F)(F)C(=O)CCc2ccc3c(c2)CN(C2CCC(=O)NC2=O)C3=O)c1.